The van der Waals surface area contributed by atoms with Crippen LogP contribution in [0.3, 0.4) is 0 Å². The topological polar surface area (TPSA) is 101 Å². The number of carbonyl (C=O) groups excluding carboxylic acids is 1. The van der Waals surface area contributed by atoms with Crippen LogP contribution in [-0.2, 0) is 19.1 Å². The molecule has 0 aromatic carbocycles. The van der Waals surface area contributed by atoms with Gasteiger partial charge in [0, 0.05) is 12.2 Å². The number of esters is 1. The second kappa shape index (κ2) is 13.1. The average molecular weight is 370 g/mol. The van der Waals surface area contributed by atoms with Crippen LogP contribution in [0.1, 0.15) is 44.9 Å². The van der Waals surface area contributed by atoms with Crippen molar-refractivity contribution in [2.45, 2.75) is 51.0 Å². The van der Waals surface area contributed by atoms with E-state index in [4.69, 9.17) is 14.9 Å². The van der Waals surface area contributed by atoms with Gasteiger partial charge in [-0.1, -0.05) is 25.0 Å². The number of ether oxygens (including phenoxy) is 1. The second-order valence-electron chi connectivity index (χ2n) is 7.26. The number of unbranched alkanes of at least 4 members (excludes halogenated alkanes) is 5. The molecule has 1 unspecified atom stereocenters. The van der Waals surface area contributed by atoms with E-state index in [2.05, 4.69) is 0 Å². The third-order valence-electron chi connectivity index (χ3n) is 3.44. The van der Waals surface area contributed by atoms with Crippen LogP contribution in [0.4, 0.5) is 0 Å². The molecule has 0 fully saturated rings. The third-order valence-corrected chi connectivity index (χ3v) is 3.44. The smallest absolute Gasteiger partial charge is 0.330 e. The quantitative estimate of drug-likeness (QED) is 0.211. The number of aliphatic carboxylic acids is 2. The molecule has 0 aliphatic heterocycles. The lowest BCUT2D eigenvalue weighted by molar-refractivity contribution is -0.873. The van der Waals surface area contributed by atoms with Crippen LogP contribution >= 0.6 is 0 Å². The van der Waals surface area contributed by atoms with E-state index in [9.17, 15) is 14.4 Å². The molecule has 0 saturated carbocycles. The van der Waals surface area contributed by atoms with Gasteiger partial charge in [-0.25, -0.2) is 9.59 Å². The molecule has 0 aromatic heterocycles. The lowest BCUT2D eigenvalue weighted by Gasteiger charge is -2.28. The highest BCUT2D eigenvalue weighted by Gasteiger charge is 2.23. The highest BCUT2D eigenvalue weighted by molar-refractivity contribution is 5.82. The van der Waals surface area contributed by atoms with Gasteiger partial charge in [0.25, 0.3) is 0 Å². The molecule has 0 aromatic rings. The summed E-state index contributed by atoms with van der Waals surface area (Å²) >= 11 is 0. The Kier molecular flexibility index (Phi) is 12.0. The van der Waals surface area contributed by atoms with Crippen LogP contribution in [0.25, 0.3) is 0 Å². The number of likely N-dealkylation sites (N-methyl/N-ethyl adjacent to an activating group) is 1. The van der Waals surface area contributed by atoms with Gasteiger partial charge in [0.2, 0.25) is 0 Å². The highest BCUT2D eigenvalue weighted by Crippen LogP contribution is 2.08. The van der Waals surface area contributed by atoms with Crippen molar-refractivity contribution < 1.29 is 33.8 Å². The number of carboxylic acids is 2. The Bertz CT molecular complexity index is 505. The minimum Gasteiger partial charge on any atom is -0.481 e. The Morgan fingerprint density at radius 1 is 0.923 bits per heavy atom. The van der Waals surface area contributed by atoms with Gasteiger partial charge in [-0.15, -0.1) is 0 Å². The first-order valence-electron chi connectivity index (χ1n) is 8.89. The molecular weight excluding hydrogens is 338 g/mol. The molecule has 148 valence electrons. The SMILES string of the molecule is C[N+](C)(C)CC(CC(=O)O)OC(=O)/C=C/CCCCCC/C=C/C(=O)O. The third kappa shape index (κ3) is 16.7. The second-order valence-corrected chi connectivity index (χ2v) is 7.26. The van der Waals surface area contributed by atoms with Crippen LogP contribution in [0.15, 0.2) is 24.3 Å². The maximum absolute atomic E-state index is 11.8. The zero-order valence-corrected chi connectivity index (χ0v) is 16.0. The molecule has 0 saturated heterocycles. The summed E-state index contributed by atoms with van der Waals surface area (Å²) in [6.45, 7) is 0.433. The molecular formula is C19H32NO6+. The Labute approximate surface area is 155 Å². The Morgan fingerprint density at radius 2 is 1.46 bits per heavy atom. The minimum absolute atomic E-state index is 0.203. The van der Waals surface area contributed by atoms with Crippen molar-refractivity contribution in [3.8, 4) is 0 Å². The van der Waals surface area contributed by atoms with Gasteiger partial charge in [0.15, 0.2) is 6.10 Å². The summed E-state index contributed by atoms with van der Waals surface area (Å²) in [6.07, 6.45) is 10.5. The van der Waals surface area contributed by atoms with Crippen LogP contribution in [0.2, 0.25) is 0 Å². The Morgan fingerprint density at radius 3 is 1.92 bits per heavy atom. The molecule has 0 bridgehead atoms. The van der Waals surface area contributed by atoms with E-state index in [1.165, 1.54) is 6.08 Å². The fraction of sp³-hybridized carbons (Fsp3) is 0.632. The zero-order valence-electron chi connectivity index (χ0n) is 16.0. The van der Waals surface area contributed by atoms with Gasteiger partial charge in [-0.3, -0.25) is 4.79 Å². The predicted molar refractivity (Wildman–Crippen MR) is 98.7 cm³/mol. The summed E-state index contributed by atoms with van der Waals surface area (Å²) in [6, 6.07) is 0. The number of carbonyl (C=O) groups is 3. The number of nitrogens with zero attached hydrogens (tertiary/aromatic N) is 1. The first kappa shape index (κ1) is 23.9. The average Bonchev–Trinajstić information content (AvgIpc) is 2.46. The van der Waals surface area contributed by atoms with Crippen molar-refractivity contribution in [3.05, 3.63) is 24.3 Å². The van der Waals surface area contributed by atoms with Crippen LogP contribution in [0.5, 0.6) is 0 Å². The Hall–Kier alpha value is -2.15. The number of carboxylic acid groups (broad SMARTS) is 2. The van der Waals surface area contributed by atoms with Crippen LogP contribution in [0, 0.1) is 0 Å². The van der Waals surface area contributed by atoms with Gasteiger partial charge < -0.3 is 19.4 Å². The number of quaternary nitrogens is 1. The van der Waals surface area contributed by atoms with E-state index in [0.29, 0.717) is 11.0 Å². The highest BCUT2D eigenvalue weighted by atomic mass is 16.5. The largest absolute Gasteiger partial charge is 0.481 e. The molecule has 26 heavy (non-hydrogen) atoms. The number of hydrogen-bond donors (Lipinski definition) is 2. The zero-order chi connectivity index (χ0) is 20.0. The lowest BCUT2D eigenvalue weighted by atomic mass is 10.1. The van der Waals surface area contributed by atoms with E-state index in [-0.39, 0.29) is 6.42 Å². The minimum atomic E-state index is -0.988. The number of rotatable bonds is 14. The van der Waals surface area contributed by atoms with E-state index >= 15 is 0 Å². The van der Waals surface area contributed by atoms with E-state index in [1.807, 2.05) is 21.1 Å². The summed E-state index contributed by atoms with van der Waals surface area (Å²) in [5, 5.41) is 17.4. The van der Waals surface area contributed by atoms with Crippen LogP contribution in [-0.4, -0.2) is 66.4 Å². The lowest BCUT2D eigenvalue weighted by Crippen LogP contribution is -2.43. The molecule has 7 nitrogen and oxygen atoms in total. The first-order chi connectivity index (χ1) is 12.1. The van der Waals surface area contributed by atoms with Gasteiger partial charge in [-0.2, -0.15) is 0 Å². The maximum Gasteiger partial charge on any atom is 0.330 e. The molecule has 1 atom stereocenters. The van der Waals surface area contributed by atoms with Gasteiger partial charge in [0.05, 0.1) is 27.6 Å². The molecule has 0 spiro atoms. The van der Waals surface area contributed by atoms with Gasteiger partial charge in [-0.05, 0) is 25.7 Å². The van der Waals surface area contributed by atoms with Crippen molar-refractivity contribution in [1.29, 1.82) is 0 Å². The van der Waals surface area contributed by atoms with Gasteiger partial charge >= 0.3 is 17.9 Å². The maximum atomic E-state index is 11.8. The number of hydrogen-bond acceptors (Lipinski definition) is 4. The molecule has 0 heterocycles. The van der Waals surface area contributed by atoms with E-state index in [0.717, 1.165) is 44.6 Å². The fourth-order valence-electron chi connectivity index (χ4n) is 2.39. The standard InChI is InChI=1S/C19H31NO6/c1-20(2,3)15-16(14-18(23)24)26-19(25)13-11-9-7-5-4-6-8-10-12-17(21)22/h10-13,16H,4-9,14-15H2,1-3H3,(H-,21,22,23,24)/p+1/b12-10+,13-11+. The van der Waals surface area contributed by atoms with E-state index < -0.39 is 24.0 Å². The Balaban J connectivity index is 3.98. The summed E-state index contributed by atoms with van der Waals surface area (Å²) in [7, 11) is 5.74. The van der Waals surface area contributed by atoms with Crippen molar-refractivity contribution in [2.75, 3.05) is 27.7 Å². The van der Waals surface area contributed by atoms with Crippen molar-refractivity contribution in [1.82, 2.24) is 0 Å². The molecule has 7 heteroatoms. The fourth-order valence-corrected chi connectivity index (χ4v) is 2.39. The molecule has 2 N–H and O–H groups in total. The molecule has 0 amide bonds. The molecule has 0 radical (unpaired) electrons. The molecule has 0 aliphatic rings. The van der Waals surface area contributed by atoms with Crippen molar-refractivity contribution in [3.63, 3.8) is 0 Å². The summed E-state index contributed by atoms with van der Waals surface area (Å²) < 4.78 is 5.76. The summed E-state index contributed by atoms with van der Waals surface area (Å²) in [5.41, 5.74) is 0. The van der Waals surface area contributed by atoms with Gasteiger partial charge in [0.1, 0.15) is 6.54 Å². The predicted octanol–water partition coefficient (Wildman–Crippen LogP) is 2.62. The number of allylic oxidation sites excluding steroid dienone is 2. The van der Waals surface area contributed by atoms with E-state index in [1.54, 1.807) is 12.2 Å². The molecule has 0 rings (SSSR count). The van der Waals surface area contributed by atoms with Crippen molar-refractivity contribution >= 4 is 17.9 Å². The molecule has 0 aliphatic carbocycles. The summed E-state index contributed by atoms with van der Waals surface area (Å²) in [5.74, 6) is -2.42. The monoisotopic (exact) mass is 370 g/mol. The normalized spacial score (nSPS) is 13.2. The van der Waals surface area contributed by atoms with Crippen LogP contribution < -0.4 is 0 Å². The summed E-state index contributed by atoms with van der Waals surface area (Å²) in [4.78, 5) is 33.0. The first-order valence-corrected chi connectivity index (χ1v) is 8.89. The van der Waals surface area contributed by atoms with Crippen molar-refractivity contribution in [2.24, 2.45) is 0 Å².